The van der Waals surface area contributed by atoms with E-state index in [1.54, 1.807) is 0 Å². The van der Waals surface area contributed by atoms with Gasteiger partial charge in [0.15, 0.2) is 0 Å². The highest BCUT2D eigenvalue weighted by atomic mass is 14.7. The Kier molecular flexibility index (Phi) is 3.23. The molecule has 3 aromatic rings. The molecular formula is C19H15N. The van der Waals surface area contributed by atoms with Gasteiger partial charge in [0, 0.05) is 16.5 Å². The quantitative estimate of drug-likeness (QED) is 0.581. The van der Waals surface area contributed by atoms with Gasteiger partial charge in [-0.2, -0.15) is 0 Å². The second-order valence-corrected chi connectivity index (χ2v) is 4.72. The third kappa shape index (κ3) is 2.06. The lowest BCUT2D eigenvalue weighted by Crippen LogP contribution is -1.95. The Morgan fingerprint density at radius 2 is 1.60 bits per heavy atom. The summed E-state index contributed by atoms with van der Waals surface area (Å²) in [5.74, 6) is 6.26. The molecule has 0 aliphatic heterocycles. The number of fused-ring (bicyclic) bond motifs is 1. The molecule has 1 nitrogen and oxygen atoms in total. The van der Waals surface area contributed by atoms with Crippen LogP contribution < -0.4 is 0 Å². The number of pyridine rings is 1. The lowest BCUT2D eigenvalue weighted by atomic mass is 9.98. The molecule has 0 saturated carbocycles. The van der Waals surface area contributed by atoms with Crippen molar-refractivity contribution in [3.63, 3.8) is 0 Å². The normalized spacial score (nSPS) is 10.1. The van der Waals surface area contributed by atoms with Crippen molar-refractivity contribution >= 4 is 10.9 Å². The minimum atomic E-state index is 0.995. The van der Waals surface area contributed by atoms with Crippen LogP contribution in [0.25, 0.3) is 22.2 Å². The molecule has 0 aliphatic carbocycles. The second-order valence-electron chi connectivity index (χ2n) is 4.72. The fourth-order valence-corrected chi connectivity index (χ4v) is 2.47. The Balaban J connectivity index is 2.39. The first kappa shape index (κ1) is 12.4. The topological polar surface area (TPSA) is 12.9 Å². The zero-order chi connectivity index (χ0) is 13.9. The van der Waals surface area contributed by atoms with Crippen LogP contribution in [-0.2, 0) is 0 Å². The summed E-state index contributed by atoms with van der Waals surface area (Å²) in [5.41, 5.74) is 5.37. The molecule has 0 saturated heterocycles. The van der Waals surface area contributed by atoms with Gasteiger partial charge in [-0.3, -0.25) is 0 Å². The van der Waals surface area contributed by atoms with Gasteiger partial charge in [-0.05, 0) is 25.5 Å². The third-order valence-electron chi connectivity index (χ3n) is 3.43. The van der Waals surface area contributed by atoms with E-state index in [4.69, 9.17) is 4.98 Å². The number of benzene rings is 2. The summed E-state index contributed by atoms with van der Waals surface area (Å²) in [6.07, 6.45) is 0. The molecule has 20 heavy (non-hydrogen) atoms. The molecule has 0 radical (unpaired) electrons. The molecule has 0 N–H and O–H groups in total. The van der Waals surface area contributed by atoms with Gasteiger partial charge in [-0.1, -0.05) is 54.5 Å². The molecule has 0 atom stereocenters. The first-order chi connectivity index (χ1) is 9.81. The molecule has 1 heterocycles. The fraction of sp³-hybridized carbons (Fsp3) is 0.105. The van der Waals surface area contributed by atoms with Crippen LogP contribution in [0.5, 0.6) is 0 Å². The Hall–Kier alpha value is -2.59. The van der Waals surface area contributed by atoms with Crippen molar-refractivity contribution in [3.05, 3.63) is 65.7 Å². The third-order valence-corrected chi connectivity index (χ3v) is 3.43. The van der Waals surface area contributed by atoms with E-state index in [9.17, 15) is 0 Å². The summed E-state index contributed by atoms with van der Waals surface area (Å²) in [7, 11) is 0. The summed E-state index contributed by atoms with van der Waals surface area (Å²) in [5, 5.41) is 1.12. The van der Waals surface area contributed by atoms with Gasteiger partial charge in [0.25, 0.3) is 0 Å². The van der Waals surface area contributed by atoms with E-state index in [-0.39, 0.29) is 0 Å². The molecule has 0 spiro atoms. The van der Waals surface area contributed by atoms with Gasteiger partial charge in [-0.15, -0.1) is 5.92 Å². The summed E-state index contributed by atoms with van der Waals surface area (Å²) < 4.78 is 0. The van der Waals surface area contributed by atoms with Gasteiger partial charge >= 0.3 is 0 Å². The van der Waals surface area contributed by atoms with Gasteiger partial charge in [-0.25, -0.2) is 4.98 Å². The summed E-state index contributed by atoms with van der Waals surface area (Å²) in [4.78, 5) is 4.82. The van der Waals surface area contributed by atoms with Crippen LogP contribution in [0.15, 0.2) is 54.6 Å². The minimum absolute atomic E-state index is 0.995. The van der Waals surface area contributed by atoms with E-state index in [2.05, 4.69) is 37.0 Å². The van der Waals surface area contributed by atoms with Crippen LogP contribution >= 0.6 is 0 Å². The smallest absolute Gasteiger partial charge is 0.0751 e. The number of hydrogen-bond acceptors (Lipinski definition) is 1. The Bertz CT molecular complexity index is 821. The lowest BCUT2D eigenvalue weighted by Gasteiger charge is -2.11. The van der Waals surface area contributed by atoms with Crippen molar-refractivity contribution in [2.24, 2.45) is 0 Å². The first-order valence-corrected chi connectivity index (χ1v) is 6.69. The van der Waals surface area contributed by atoms with Crippen LogP contribution in [0.3, 0.4) is 0 Å². The predicted molar refractivity (Wildman–Crippen MR) is 84.5 cm³/mol. The maximum absolute atomic E-state index is 4.82. The zero-order valence-electron chi connectivity index (χ0n) is 11.6. The van der Waals surface area contributed by atoms with Crippen molar-refractivity contribution in [3.8, 4) is 23.1 Å². The van der Waals surface area contributed by atoms with E-state index in [1.165, 1.54) is 0 Å². The van der Waals surface area contributed by atoms with E-state index in [0.29, 0.717) is 0 Å². The van der Waals surface area contributed by atoms with Crippen LogP contribution in [0.4, 0.5) is 0 Å². The fourth-order valence-electron chi connectivity index (χ4n) is 2.47. The molecule has 0 aliphatic rings. The highest BCUT2D eigenvalue weighted by Gasteiger charge is 2.11. The molecule has 0 unspecified atom stereocenters. The second kappa shape index (κ2) is 5.19. The van der Waals surface area contributed by atoms with Crippen molar-refractivity contribution in [2.45, 2.75) is 13.8 Å². The minimum Gasteiger partial charge on any atom is -0.247 e. The van der Waals surface area contributed by atoms with Crippen LogP contribution in [0.1, 0.15) is 18.1 Å². The van der Waals surface area contributed by atoms with E-state index in [1.807, 2.05) is 43.3 Å². The maximum atomic E-state index is 4.82. The zero-order valence-corrected chi connectivity index (χ0v) is 11.6. The summed E-state index contributed by atoms with van der Waals surface area (Å²) in [6.45, 7) is 3.97. The van der Waals surface area contributed by atoms with Gasteiger partial charge < -0.3 is 0 Å². The van der Waals surface area contributed by atoms with Crippen molar-refractivity contribution in [1.82, 2.24) is 4.98 Å². The van der Waals surface area contributed by atoms with E-state index >= 15 is 0 Å². The molecule has 96 valence electrons. The van der Waals surface area contributed by atoms with Gasteiger partial charge in [0.1, 0.15) is 0 Å². The largest absolute Gasteiger partial charge is 0.247 e. The van der Waals surface area contributed by atoms with Gasteiger partial charge in [0.2, 0.25) is 0 Å². The number of rotatable bonds is 1. The number of hydrogen-bond donors (Lipinski definition) is 0. The predicted octanol–water partition coefficient (Wildman–Crippen LogP) is 4.58. The number of para-hydroxylation sites is 1. The number of nitrogens with zero attached hydrogens (tertiary/aromatic N) is 1. The molecule has 0 amide bonds. The van der Waals surface area contributed by atoms with E-state index in [0.717, 1.165) is 33.3 Å². The monoisotopic (exact) mass is 257 g/mol. The Morgan fingerprint density at radius 1 is 0.900 bits per heavy atom. The maximum Gasteiger partial charge on any atom is 0.0751 e. The van der Waals surface area contributed by atoms with Gasteiger partial charge in [0.05, 0.1) is 11.2 Å². The van der Waals surface area contributed by atoms with Crippen molar-refractivity contribution in [2.75, 3.05) is 0 Å². The Labute approximate surface area is 119 Å². The molecule has 0 fully saturated rings. The molecule has 2 aromatic carbocycles. The average Bonchev–Trinajstić information content (AvgIpc) is 2.51. The SMILES string of the molecule is CC#Cc1c(C)c(-c2ccccc2)nc2ccccc12. The standard InChI is InChI=1S/C19H15N/c1-3-9-16-14(2)19(15-10-5-4-6-11-15)20-18-13-8-7-12-17(16)18/h4-8,10-13H,1-2H3. The number of aromatic nitrogens is 1. The average molecular weight is 257 g/mol. The first-order valence-electron chi connectivity index (χ1n) is 6.69. The highest BCUT2D eigenvalue weighted by molar-refractivity contribution is 5.89. The molecule has 1 heteroatoms. The summed E-state index contributed by atoms with van der Waals surface area (Å²) in [6, 6.07) is 18.5. The van der Waals surface area contributed by atoms with Crippen molar-refractivity contribution < 1.29 is 0 Å². The van der Waals surface area contributed by atoms with Crippen LogP contribution in [-0.4, -0.2) is 4.98 Å². The molecular weight excluding hydrogens is 242 g/mol. The molecule has 3 rings (SSSR count). The molecule has 0 bridgehead atoms. The van der Waals surface area contributed by atoms with Crippen LogP contribution in [0.2, 0.25) is 0 Å². The lowest BCUT2D eigenvalue weighted by molar-refractivity contribution is 1.32. The highest BCUT2D eigenvalue weighted by Crippen LogP contribution is 2.28. The van der Waals surface area contributed by atoms with E-state index < -0.39 is 0 Å². The molecule has 1 aromatic heterocycles. The van der Waals surface area contributed by atoms with Crippen LogP contribution in [0, 0.1) is 18.8 Å². The summed E-state index contributed by atoms with van der Waals surface area (Å²) >= 11 is 0. The Morgan fingerprint density at radius 3 is 2.35 bits per heavy atom. The van der Waals surface area contributed by atoms with Crippen molar-refractivity contribution in [1.29, 1.82) is 0 Å².